The number of carboxylic acid groups (broad SMARTS) is 1. The first-order valence-electron chi connectivity index (χ1n) is 7.50. The van der Waals surface area contributed by atoms with Gasteiger partial charge in [-0.2, -0.15) is 0 Å². The number of carboxylic acids is 1. The number of carbonyl (C=O) groups excluding carboxylic acids is 1. The third-order valence-corrected chi connectivity index (χ3v) is 4.26. The van der Waals surface area contributed by atoms with Gasteiger partial charge in [0.1, 0.15) is 0 Å². The lowest BCUT2D eigenvalue weighted by Gasteiger charge is -2.27. The molecule has 0 spiro atoms. The van der Waals surface area contributed by atoms with Crippen LogP contribution in [0.4, 0.5) is 0 Å². The van der Waals surface area contributed by atoms with Crippen LogP contribution in [-0.4, -0.2) is 23.0 Å². The average molecular weight is 289 g/mol. The Balaban J connectivity index is 2.10. The topological polar surface area (TPSA) is 66.4 Å². The molecule has 1 saturated carbocycles. The number of aryl methyl sites for hydroxylation is 3. The van der Waals surface area contributed by atoms with E-state index in [1.165, 1.54) is 0 Å². The first kappa shape index (κ1) is 15.5. The quantitative estimate of drug-likeness (QED) is 0.899. The minimum absolute atomic E-state index is 0.0348. The van der Waals surface area contributed by atoms with Crippen molar-refractivity contribution in [3.63, 3.8) is 0 Å². The summed E-state index contributed by atoms with van der Waals surface area (Å²) in [6.45, 7) is 5.89. The van der Waals surface area contributed by atoms with Crippen molar-refractivity contribution >= 4 is 11.9 Å². The van der Waals surface area contributed by atoms with Gasteiger partial charge in [-0.05, 0) is 51.2 Å². The van der Waals surface area contributed by atoms with E-state index in [-0.39, 0.29) is 17.9 Å². The van der Waals surface area contributed by atoms with Crippen molar-refractivity contribution in [3.05, 3.63) is 34.4 Å². The number of hydrogen-bond acceptors (Lipinski definition) is 2. The van der Waals surface area contributed by atoms with Gasteiger partial charge in [-0.25, -0.2) is 0 Å². The van der Waals surface area contributed by atoms with Gasteiger partial charge >= 0.3 is 5.97 Å². The zero-order valence-corrected chi connectivity index (χ0v) is 12.9. The van der Waals surface area contributed by atoms with Crippen molar-refractivity contribution in [2.24, 2.45) is 5.92 Å². The Morgan fingerprint density at radius 2 is 1.76 bits per heavy atom. The second kappa shape index (κ2) is 6.29. The normalized spacial score (nSPS) is 21.9. The minimum Gasteiger partial charge on any atom is -0.481 e. The minimum atomic E-state index is -0.753. The molecule has 2 N–H and O–H groups in total. The Morgan fingerprint density at radius 1 is 1.14 bits per heavy atom. The van der Waals surface area contributed by atoms with Gasteiger partial charge in [0.05, 0.1) is 5.92 Å². The number of nitrogens with one attached hydrogen (secondary N) is 1. The molecule has 2 unspecified atom stereocenters. The molecular formula is C17H23NO3. The molecule has 0 aliphatic heterocycles. The first-order valence-corrected chi connectivity index (χ1v) is 7.50. The first-order chi connectivity index (χ1) is 9.88. The second-order valence-electron chi connectivity index (χ2n) is 6.15. The Bertz CT molecular complexity index is 542. The molecule has 0 aromatic heterocycles. The van der Waals surface area contributed by atoms with Crippen molar-refractivity contribution in [1.29, 1.82) is 0 Å². The highest BCUT2D eigenvalue weighted by Gasteiger charge is 2.28. The van der Waals surface area contributed by atoms with Gasteiger partial charge in [-0.3, -0.25) is 9.59 Å². The van der Waals surface area contributed by atoms with Crippen molar-refractivity contribution in [1.82, 2.24) is 5.32 Å². The van der Waals surface area contributed by atoms with E-state index >= 15 is 0 Å². The molecule has 1 fully saturated rings. The maximum Gasteiger partial charge on any atom is 0.306 e. The van der Waals surface area contributed by atoms with Gasteiger partial charge in [0.25, 0.3) is 5.91 Å². The lowest BCUT2D eigenvalue weighted by molar-refractivity contribution is -0.143. The van der Waals surface area contributed by atoms with Crippen molar-refractivity contribution in [3.8, 4) is 0 Å². The number of rotatable bonds is 3. The molecule has 1 aliphatic carbocycles. The highest BCUT2D eigenvalue weighted by atomic mass is 16.4. The summed E-state index contributed by atoms with van der Waals surface area (Å²) in [5.41, 5.74) is 3.80. The van der Waals surface area contributed by atoms with Crippen LogP contribution < -0.4 is 5.32 Å². The molecule has 0 radical (unpaired) electrons. The van der Waals surface area contributed by atoms with Crippen LogP contribution in [0.2, 0.25) is 0 Å². The highest BCUT2D eigenvalue weighted by Crippen LogP contribution is 2.25. The van der Waals surface area contributed by atoms with Gasteiger partial charge < -0.3 is 10.4 Å². The van der Waals surface area contributed by atoms with E-state index in [0.29, 0.717) is 12.8 Å². The molecule has 21 heavy (non-hydrogen) atoms. The number of amides is 1. The monoisotopic (exact) mass is 289 g/mol. The van der Waals surface area contributed by atoms with E-state index in [2.05, 4.69) is 5.32 Å². The maximum absolute atomic E-state index is 12.5. The van der Waals surface area contributed by atoms with Crippen LogP contribution in [0.1, 0.15) is 52.7 Å². The van der Waals surface area contributed by atoms with E-state index in [4.69, 9.17) is 5.11 Å². The fourth-order valence-electron chi connectivity index (χ4n) is 3.34. The van der Waals surface area contributed by atoms with Gasteiger partial charge in [-0.15, -0.1) is 0 Å². The molecule has 114 valence electrons. The molecule has 0 heterocycles. The molecule has 1 aliphatic rings. The molecule has 2 atom stereocenters. The number of aliphatic carboxylic acids is 1. The summed E-state index contributed by atoms with van der Waals surface area (Å²) in [6.07, 6.45) is 2.96. The molecule has 1 aromatic carbocycles. The Labute approximate surface area is 125 Å². The van der Waals surface area contributed by atoms with Crippen LogP contribution in [0.3, 0.4) is 0 Å². The molecule has 1 aromatic rings. The number of benzene rings is 1. The summed E-state index contributed by atoms with van der Waals surface area (Å²) in [6, 6.07) is 3.97. The van der Waals surface area contributed by atoms with Crippen LogP contribution in [0, 0.1) is 26.7 Å². The zero-order chi connectivity index (χ0) is 15.6. The lowest BCUT2D eigenvalue weighted by atomic mass is 9.85. The molecule has 0 saturated heterocycles. The summed E-state index contributed by atoms with van der Waals surface area (Å²) < 4.78 is 0. The average Bonchev–Trinajstić information content (AvgIpc) is 2.37. The van der Waals surface area contributed by atoms with Crippen LogP contribution in [0.5, 0.6) is 0 Å². The fraction of sp³-hybridized carbons (Fsp3) is 0.529. The molecule has 0 bridgehead atoms. The predicted octanol–water partition coefficient (Wildman–Crippen LogP) is 2.99. The lowest BCUT2D eigenvalue weighted by Crippen LogP contribution is -2.40. The standard InChI is InChI=1S/C17H23NO3/c1-10-7-11(2)15(12(3)8-10)16(19)18-14-6-4-5-13(9-14)17(20)21/h7-8,13-14H,4-6,9H2,1-3H3,(H,18,19)(H,20,21). The van der Waals surface area contributed by atoms with Gasteiger partial charge in [0, 0.05) is 11.6 Å². The Morgan fingerprint density at radius 3 is 2.33 bits per heavy atom. The zero-order valence-electron chi connectivity index (χ0n) is 12.9. The summed E-state index contributed by atoms with van der Waals surface area (Å²) >= 11 is 0. The summed E-state index contributed by atoms with van der Waals surface area (Å²) in [5, 5.41) is 12.1. The summed E-state index contributed by atoms with van der Waals surface area (Å²) in [4.78, 5) is 23.6. The van der Waals surface area contributed by atoms with Crippen molar-refractivity contribution < 1.29 is 14.7 Å². The van der Waals surface area contributed by atoms with Crippen LogP contribution in [0.15, 0.2) is 12.1 Å². The fourth-order valence-corrected chi connectivity index (χ4v) is 3.34. The molecule has 4 nitrogen and oxygen atoms in total. The smallest absolute Gasteiger partial charge is 0.306 e. The SMILES string of the molecule is Cc1cc(C)c(C(=O)NC2CCCC(C(=O)O)C2)c(C)c1. The third kappa shape index (κ3) is 3.63. The van der Waals surface area contributed by atoms with E-state index in [0.717, 1.165) is 35.1 Å². The van der Waals surface area contributed by atoms with Crippen LogP contribution in [-0.2, 0) is 4.79 Å². The van der Waals surface area contributed by atoms with Crippen LogP contribution in [0.25, 0.3) is 0 Å². The van der Waals surface area contributed by atoms with E-state index in [9.17, 15) is 9.59 Å². The molecular weight excluding hydrogens is 266 g/mol. The Hall–Kier alpha value is -1.84. The highest BCUT2D eigenvalue weighted by molar-refractivity contribution is 5.97. The summed E-state index contributed by atoms with van der Waals surface area (Å²) in [7, 11) is 0. The third-order valence-electron chi connectivity index (χ3n) is 4.26. The van der Waals surface area contributed by atoms with E-state index in [1.54, 1.807) is 0 Å². The summed E-state index contributed by atoms with van der Waals surface area (Å²) in [5.74, 6) is -1.16. The van der Waals surface area contributed by atoms with Crippen molar-refractivity contribution in [2.45, 2.75) is 52.5 Å². The second-order valence-corrected chi connectivity index (χ2v) is 6.15. The Kier molecular flexibility index (Phi) is 4.66. The van der Waals surface area contributed by atoms with Gasteiger partial charge in [0.15, 0.2) is 0 Å². The van der Waals surface area contributed by atoms with Gasteiger partial charge in [-0.1, -0.05) is 24.1 Å². The van der Waals surface area contributed by atoms with Gasteiger partial charge in [0.2, 0.25) is 0 Å². The van der Waals surface area contributed by atoms with Crippen molar-refractivity contribution in [2.75, 3.05) is 0 Å². The predicted molar refractivity (Wildman–Crippen MR) is 81.5 cm³/mol. The number of carbonyl (C=O) groups is 2. The van der Waals surface area contributed by atoms with E-state index < -0.39 is 5.97 Å². The maximum atomic E-state index is 12.5. The van der Waals surface area contributed by atoms with Crippen LogP contribution >= 0.6 is 0 Å². The molecule has 2 rings (SSSR count). The molecule has 1 amide bonds. The number of hydrogen-bond donors (Lipinski definition) is 2. The van der Waals surface area contributed by atoms with E-state index in [1.807, 2.05) is 32.9 Å². The largest absolute Gasteiger partial charge is 0.481 e. The molecule has 4 heteroatoms.